The average Bonchev–Trinajstić information content (AvgIpc) is 2.76. The Bertz CT molecular complexity index is 335. The van der Waals surface area contributed by atoms with Crippen molar-refractivity contribution in [3.8, 4) is 0 Å². The maximum Gasteiger partial charge on any atom is 0.227 e. The van der Waals surface area contributed by atoms with E-state index in [2.05, 4.69) is 0 Å². The fourth-order valence-corrected chi connectivity index (χ4v) is 1.70. The van der Waals surface area contributed by atoms with Crippen LogP contribution in [0.2, 0.25) is 0 Å². The maximum atomic E-state index is 11.3. The fraction of sp³-hybridized carbons (Fsp3) is 0.500. The zero-order valence-corrected chi connectivity index (χ0v) is 8.17. The summed E-state index contributed by atoms with van der Waals surface area (Å²) in [6.45, 7) is 0.366. The van der Waals surface area contributed by atoms with Crippen molar-refractivity contribution in [3.63, 3.8) is 0 Å². The molecule has 5 heteroatoms. The van der Waals surface area contributed by atoms with Crippen molar-refractivity contribution in [1.82, 2.24) is 4.90 Å². The molecule has 1 aromatic heterocycles. The molecule has 2 rings (SSSR count). The smallest absolute Gasteiger partial charge is 0.227 e. The minimum Gasteiger partial charge on any atom is -0.469 e. The van der Waals surface area contributed by atoms with Crippen LogP contribution in [0.25, 0.3) is 0 Å². The lowest BCUT2D eigenvalue weighted by atomic mass is 10.3. The molecular formula is C10H13NO4. The van der Waals surface area contributed by atoms with Gasteiger partial charge >= 0.3 is 0 Å². The van der Waals surface area contributed by atoms with Crippen molar-refractivity contribution in [2.45, 2.75) is 25.2 Å². The summed E-state index contributed by atoms with van der Waals surface area (Å²) in [6.07, 6.45) is 0.0652. The Morgan fingerprint density at radius 1 is 1.53 bits per heavy atom. The van der Waals surface area contributed by atoms with Gasteiger partial charge < -0.3 is 19.5 Å². The summed E-state index contributed by atoms with van der Waals surface area (Å²) >= 11 is 0. The first kappa shape index (κ1) is 10.2. The Hall–Kier alpha value is -1.33. The highest BCUT2D eigenvalue weighted by molar-refractivity contribution is 5.79. The van der Waals surface area contributed by atoms with E-state index < -0.39 is 12.3 Å². The average molecular weight is 211 g/mol. The van der Waals surface area contributed by atoms with Crippen LogP contribution in [0, 0.1) is 0 Å². The number of furan rings is 1. The van der Waals surface area contributed by atoms with Gasteiger partial charge in [-0.2, -0.15) is 0 Å². The molecule has 2 atom stereocenters. The standard InChI is InChI=1S/C10H13NO4/c12-8-6-9(13)11(10(8)14)4-3-7-2-1-5-15-7/h1-2,5,8,10,12,14H,3-4,6H2/t8-,10+/m0/s1. The molecule has 1 aliphatic rings. The molecule has 0 saturated carbocycles. The van der Waals surface area contributed by atoms with Gasteiger partial charge in [-0.1, -0.05) is 0 Å². The Balaban J connectivity index is 1.92. The van der Waals surface area contributed by atoms with E-state index in [0.717, 1.165) is 5.76 Å². The molecule has 0 radical (unpaired) electrons. The van der Waals surface area contributed by atoms with Crippen LogP contribution >= 0.6 is 0 Å². The van der Waals surface area contributed by atoms with Gasteiger partial charge in [-0.15, -0.1) is 0 Å². The zero-order chi connectivity index (χ0) is 10.8. The second-order valence-electron chi connectivity index (χ2n) is 3.60. The molecule has 5 nitrogen and oxygen atoms in total. The van der Waals surface area contributed by atoms with Crippen LogP contribution in [0.1, 0.15) is 12.2 Å². The van der Waals surface area contributed by atoms with Crippen molar-refractivity contribution in [2.24, 2.45) is 0 Å². The van der Waals surface area contributed by atoms with E-state index in [1.165, 1.54) is 4.90 Å². The molecule has 0 aromatic carbocycles. The molecule has 2 heterocycles. The molecule has 2 N–H and O–H groups in total. The third kappa shape index (κ3) is 2.03. The van der Waals surface area contributed by atoms with E-state index in [0.29, 0.717) is 13.0 Å². The van der Waals surface area contributed by atoms with Crippen LogP contribution in [0.5, 0.6) is 0 Å². The van der Waals surface area contributed by atoms with Gasteiger partial charge in [0.2, 0.25) is 5.91 Å². The van der Waals surface area contributed by atoms with Gasteiger partial charge in [0, 0.05) is 13.0 Å². The number of hydrogen-bond donors (Lipinski definition) is 2. The summed E-state index contributed by atoms with van der Waals surface area (Å²) < 4.78 is 5.11. The summed E-state index contributed by atoms with van der Waals surface area (Å²) in [5.41, 5.74) is 0. The number of carbonyl (C=O) groups excluding carboxylic acids is 1. The second kappa shape index (κ2) is 4.04. The van der Waals surface area contributed by atoms with E-state index in [9.17, 15) is 15.0 Å². The van der Waals surface area contributed by atoms with Crippen molar-refractivity contribution in [3.05, 3.63) is 24.2 Å². The van der Waals surface area contributed by atoms with E-state index in [1.807, 2.05) is 6.07 Å². The van der Waals surface area contributed by atoms with E-state index in [-0.39, 0.29) is 12.3 Å². The summed E-state index contributed by atoms with van der Waals surface area (Å²) in [5.74, 6) is 0.540. The van der Waals surface area contributed by atoms with E-state index in [4.69, 9.17) is 4.42 Å². The van der Waals surface area contributed by atoms with Crippen molar-refractivity contribution in [1.29, 1.82) is 0 Å². The molecule has 0 spiro atoms. The molecule has 0 bridgehead atoms. The van der Waals surface area contributed by atoms with Crippen molar-refractivity contribution >= 4 is 5.91 Å². The predicted octanol–water partition coefficient (Wildman–Crippen LogP) is -0.266. The molecule has 0 unspecified atom stereocenters. The number of carbonyl (C=O) groups is 1. The van der Waals surface area contributed by atoms with Gasteiger partial charge in [-0.05, 0) is 12.1 Å². The predicted molar refractivity (Wildman–Crippen MR) is 50.8 cm³/mol. The summed E-state index contributed by atoms with van der Waals surface area (Å²) in [4.78, 5) is 12.6. The normalized spacial score (nSPS) is 26.3. The SMILES string of the molecule is O=C1C[C@H](O)[C@@H](O)N1CCc1ccco1. The number of likely N-dealkylation sites (tertiary alicyclic amines) is 1. The highest BCUT2D eigenvalue weighted by Crippen LogP contribution is 2.17. The summed E-state index contributed by atoms with van der Waals surface area (Å²) in [6, 6.07) is 3.58. The van der Waals surface area contributed by atoms with Gasteiger partial charge in [0.15, 0.2) is 6.23 Å². The highest BCUT2D eigenvalue weighted by atomic mass is 16.4. The number of rotatable bonds is 3. The Labute approximate surface area is 86.9 Å². The Kier molecular flexibility index (Phi) is 2.75. The van der Waals surface area contributed by atoms with Crippen molar-refractivity contribution < 1.29 is 19.4 Å². The minimum absolute atomic E-state index is 0.000673. The van der Waals surface area contributed by atoms with Crippen LogP contribution in [0.15, 0.2) is 22.8 Å². The second-order valence-corrected chi connectivity index (χ2v) is 3.60. The van der Waals surface area contributed by atoms with E-state index in [1.54, 1.807) is 12.3 Å². The fourth-order valence-electron chi connectivity index (χ4n) is 1.70. The van der Waals surface area contributed by atoms with Gasteiger partial charge in [-0.3, -0.25) is 4.79 Å². The molecule has 1 saturated heterocycles. The summed E-state index contributed by atoms with van der Waals surface area (Å²) in [5, 5.41) is 18.7. The third-order valence-corrected chi connectivity index (χ3v) is 2.55. The third-order valence-electron chi connectivity index (χ3n) is 2.55. The molecular weight excluding hydrogens is 198 g/mol. The molecule has 1 fully saturated rings. The lowest BCUT2D eigenvalue weighted by Gasteiger charge is -2.20. The molecule has 1 amide bonds. The van der Waals surface area contributed by atoms with Gasteiger partial charge in [-0.25, -0.2) is 0 Å². The molecule has 1 aliphatic heterocycles. The van der Waals surface area contributed by atoms with Crippen LogP contribution in [-0.2, 0) is 11.2 Å². The number of aliphatic hydroxyl groups excluding tert-OH is 2. The monoisotopic (exact) mass is 211 g/mol. The molecule has 82 valence electrons. The highest BCUT2D eigenvalue weighted by Gasteiger charge is 2.36. The molecule has 1 aromatic rings. The van der Waals surface area contributed by atoms with Gasteiger partial charge in [0.1, 0.15) is 11.9 Å². The van der Waals surface area contributed by atoms with E-state index >= 15 is 0 Å². The molecule has 15 heavy (non-hydrogen) atoms. The number of hydrogen-bond acceptors (Lipinski definition) is 4. The lowest BCUT2D eigenvalue weighted by molar-refractivity contribution is -0.133. The van der Waals surface area contributed by atoms with Crippen LogP contribution < -0.4 is 0 Å². The number of nitrogens with zero attached hydrogens (tertiary/aromatic N) is 1. The van der Waals surface area contributed by atoms with Crippen LogP contribution in [0.3, 0.4) is 0 Å². The molecule has 0 aliphatic carbocycles. The quantitative estimate of drug-likeness (QED) is 0.722. The first-order valence-electron chi connectivity index (χ1n) is 4.86. The Morgan fingerprint density at radius 3 is 2.87 bits per heavy atom. The minimum atomic E-state index is -1.08. The first-order valence-corrected chi connectivity index (χ1v) is 4.86. The number of aliphatic hydroxyl groups is 2. The van der Waals surface area contributed by atoms with Crippen LogP contribution in [-0.4, -0.2) is 39.9 Å². The topological polar surface area (TPSA) is 73.9 Å². The maximum absolute atomic E-state index is 11.3. The van der Waals surface area contributed by atoms with Crippen molar-refractivity contribution in [2.75, 3.05) is 6.54 Å². The first-order chi connectivity index (χ1) is 7.18. The summed E-state index contributed by atoms with van der Waals surface area (Å²) in [7, 11) is 0. The number of amides is 1. The Morgan fingerprint density at radius 2 is 2.33 bits per heavy atom. The lowest BCUT2D eigenvalue weighted by Crippen LogP contribution is -2.38. The van der Waals surface area contributed by atoms with Gasteiger partial charge in [0.25, 0.3) is 0 Å². The van der Waals surface area contributed by atoms with Gasteiger partial charge in [0.05, 0.1) is 12.7 Å². The van der Waals surface area contributed by atoms with Crippen LogP contribution in [0.4, 0.5) is 0 Å². The largest absolute Gasteiger partial charge is 0.469 e. The zero-order valence-electron chi connectivity index (χ0n) is 8.17.